The van der Waals surface area contributed by atoms with Crippen LogP contribution in [0.4, 0.5) is 5.95 Å². The maximum absolute atomic E-state index is 6.08. The van der Waals surface area contributed by atoms with Gasteiger partial charge in [-0.05, 0) is 50.2 Å². The highest BCUT2D eigenvalue weighted by molar-refractivity contribution is 5.74. The smallest absolute Gasteiger partial charge is 0.202 e. The molecule has 1 fully saturated rings. The first-order valence-electron chi connectivity index (χ1n) is 6.75. The van der Waals surface area contributed by atoms with Crippen LogP contribution in [0.15, 0.2) is 12.3 Å². The summed E-state index contributed by atoms with van der Waals surface area (Å²) in [5.74, 6) is 1.45. The van der Waals surface area contributed by atoms with Crippen molar-refractivity contribution in [3.63, 3.8) is 0 Å². The van der Waals surface area contributed by atoms with Gasteiger partial charge in [0.2, 0.25) is 5.95 Å². The van der Waals surface area contributed by atoms with Gasteiger partial charge in [-0.2, -0.15) is 0 Å². The highest BCUT2D eigenvalue weighted by atomic mass is 15.2. The molecule has 96 valence electrons. The summed E-state index contributed by atoms with van der Waals surface area (Å²) in [5.41, 5.74) is 9.07. The maximum atomic E-state index is 6.08. The van der Waals surface area contributed by atoms with E-state index in [2.05, 4.69) is 27.5 Å². The van der Waals surface area contributed by atoms with E-state index in [0.29, 0.717) is 12.0 Å². The van der Waals surface area contributed by atoms with Crippen LogP contribution < -0.4 is 5.73 Å². The van der Waals surface area contributed by atoms with Crippen LogP contribution in [0.5, 0.6) is 0 Å². The van der Waals surface area contributed by atoms with E-state index in [-0.39, 0.29) is 0 Å². The van der Waals surface area contributed by atoms with E-state index >= 15 is 0 Å². The van der Waals surface area contributed by atoms with Crippen LogP contribution in [0.3, 0.4) is 0 Å². The Balaban J connectivity index is 2.03. The predicted molar refractivity (Wildman–Crippen MR) is 73.3 cm³/mol. The van der Waals surface area contributed by atoms with Crippen molar-refractivity contribution < 1.29 is 0 Å². The molecule has 1 aliphatic carbocycles. The molecule has 0 bridgehead atoms. The van der Waals surface area contributed by atoms with Gasteiger partial charge in [0.25, 0.3) is 0 Å². The molecule has 18 heavy (non-hydrogen) atoms. The third kappa shape index (κ3) is 1.85. The second kappa shape index (κ2) is 4.26. The number of aryl methyl sites for hydroxylation is 1. The summed E-state index contributed by atoms with van der Waals surface area (Å²) < 4.78 is 2.14. The Kier molecular flexibility index (Phi) is 2.73. The standard InChI is InChI=1S/C14H20N4/c1-9-3-5-11(6-4-9)18-13-12(17-14(18)15)7-10(2)8-16-13/h7-9,11H,3-6H2,1-2H3,(H2,15,17). The molecule has 0 atom stereocenters. The number of hydrogen-bond acceptors (Lipinski definition) is 3. The normalized spacial score (nSPS) is 24.6. The Labute approximate surface area is 107 Å². The predicted octanol–water partition coefficient (Wildman–Crippen LogP) is 3.07. The molecule has 0 radical (unpaired) electrons. The molecule has 2 heterocycles. The second-order valence-corrected chi connectivity index (χ2v) is 5.61. The average molecular weight is 244 g/mol. The third-order valence-corrected chi connectivity index (χ3v) is 4.04. The number of fused-ring (bicyclic) bond motifs is 1. The van der Waals surface area contributed by atoms with Gasteiger partial charge in [-0.1, -0.05) is 6.92 Å². The molecule has 1 saturated carbocycles. The molecule has 2 N–H and O–H groups in total. The number of rotatable bonds is 1. The van der Waals surface area contributed by atoms with Crippen LogP contribution in [0, 0.1) is 12.8 Å². The van der Waals surface area contributed by atoms with Crippen LogP contribution in [0.1, 0.15) is 44.2 Å². The van der Waals surface area contributed by atoms with Gasteiger partial charge in [0.15, 0.2) is 5.65 Å². The molecular weight excluding hydrogens is 224 g/mol. The minimum atomic E-state index is 0.474. The lowest BCUT2D eigenvalue weighted by Gasteiger charge is -2.27. The van der Waals surface area contributed by atoms with Gasteiger partial charge in [-0.25, -0.2) is 9.97 Å². The Hall–Kier alpha value is -1.58. The number of pyridine rings is 1. The molecule has 0 aliphatic heterocycles. The van der Waals surface area contributed by atoms with Crippen molar-refractivity contribution in [2.45, 2.75) is 45.6 Å². The lowest BCUT2D eigenvalue weighted by Crippen LogP contribution is -2.18. The minimum absolute atomic E-state index is 0.474. The zero-order valence-corrected chi connectivity index (χ0v) is 11.1. The molecular formula is C14H20N4. The molecule has 0 spiro atoms. The van der Waals surface area contributed by atoms with Crippen molar-refractivity contribution >= 4 is 17.1 Å². The zero-order valence-electron chi connectivity index (χ0n) is 11.1. The van der Waals surface area contributed by atoms with E-state index in [1.165, 1.54) is 25.7 Å². The Morgan fingerprint density at radius 3 is 2.72 bits per heavy atom. The highest BCUT2D eigenvalue weighted by Crippen LogP contribution is 2.35. The molecule has 3 rings (SSSR count). The lowest BCUT2D eigenvalue weighted by atomic mass is 9.87. The fraction of sp³-hybridized carbons (Fsp3) is 0.571. The Morgan fingerprint density at radius 1 is 1.28 bits per heavy atom. The third-order valence-electron chi connectivity index (χ3n) is 4.04. The molecule has 0 unspecified atom stereocenters. The van der Waals surface area contributed by atoms with Gasteiger partial charge in [0.1, 0.15) is 5.52 Å². The Bertz CT molecular complexity index is 564. The van der Waals surface area contributed by atoms with Gasteiger partial charge in [-0.3, -0.25) is 4.57 Å². The minimum Gasteiger partial charge on any atom is -0.369 e. The van der Waals surface area contributed by atoms with E-state index in [1.54, 1.807) is 0 Å². The molecule has 4 nitrogen and oxygen atoms in total. The average Bonchev–Trinajstić information content (AvgIpc) is 2.65. The van der Waals surface area contributed by atoms with E-state index in [0.717, 1.165) is 22.6 Å². The van der Waals surface area contributed by atoms with Gasteiger partial charge in [0.05, 0.1) is 0 Å². The van der Waals surface area contributed by atoms with Crippen LogP contribution >= 0.6 is 0 Å². The van der Waals surface area contributed by atoms with Gasteiger partial charge in [-0.15, -0.1) is 0 Å². The number of aromatic nitrogens is 3. The summed E-state index contributed by atoms with van der Waals surface area (Å²) in [6.07, 6.45) is 6.81. The number of imidazole rings is 1. The van der Waals surface area contributed by atoms with Crippen molar-refractivity contribution in [2.24, 2.45) is 5.92 Å². The SMILES string of the molecule is Cc1cnc2c(c1)nc(N)n2C1CCC(C)CC1. The monoisotopic (exact) mass is 244 g/mol. The molecule has 0 saturated heterocycles. The number of nitrogens with zero attached hydrogens (tertiary/aromatic N) is 3. The molecule has 2 aromatic heterocycles. The van der Waals surface area contributed by atoms with Gasteiger partial charge >= 0.3 is 0 Å². The van der Waals surface area contributed by atoms with Crippen LogP contribution in [0.2, 0.25) is 0 Å². The number of anilines is 1. The zero-order chi connectivity index (χ0) is 12.7. The van der Waals surface area contributed by atoms with Crippen molar-refractivity contribution in [3.8, 4) is 0 Å². The first-order chi connectivity index (χ1) is 8.65. The fourth-order valence-corrected chi connectivity index (χ4v) is 2.96. The molecule has 1 aliphatic rings. The van der Waals surface area contributed by atoms with Crippen molar-refractivity contribution in [1.82, 2.24) is 14.5 Å². The second-order valence-electron chi connectivity index (χ2n) is 5.61. The van der Waals surface area contributed by atoms with E-state index < -0.39 is 0 Å². The lowest BCUT2D eigenvalue weighted by molar-refractivity contribution is 0.295. The van der Waals surface area contributed by atoms with Crippen LogP contribution in [-0.2, 0) is 0 Å². The topological polar surface area (TPSA) is 56.7 Å². The fourth-order valence-electron chi connectivity index (χ4n) is 2.96. The summed E-state index contributed by atoms with van der Waals surface area (Å²) in [5, 5.41) is 0. The van der Waals surface area contributed by atoms with Gasteiger partial charge < -0.3 is 5.73 Å². The van der Waals surface area contributed by atoms with E-state index in [4.69, 9.17) is 5.73 Å². The largest absolute Gasteiger partial charge is 0.369 e. The van der Waals surface area contributed by atoms with Crippen molar-refractivity contribution in [1.29, 1.82) is 0 Å². The number of nitrogens with two attached hydrogens (primary N) is 1. The molecule has 4 heteroatoms. The van der Waals surface area contributed by atoms with Crippen LogP contribution in [-0.4, -0.2) is 14.5 Å². The Morgan fingerprint density at radius 2 is 2.00 bits per heavy atom. The van der Waals surface area contributed by atoms with Gasteiger partial charge in [0, 0.05) is 12.2 Å². The summed E-state index contributed by atoms with van der Waals surface area (Å²) in [6, 6.07) is 2.53. The summed E-state index contributed by atoms with van der Waals surface area (Å²) >= 11 is 0. The quantitative estimate of drug-likeness (QED) is 0.838. The number of hydrogen-bond donors (Lipinski definition) is 1. The highest BCUT2D eigenvalue weighted by Gasteiger charge is 2.23. The molecule has 0 amide bonds. The maximum Gasteiger partial charge on any atom is 0.202 e. The first kappa shape index (κ1) is 11.5. The number of nitrogen functional groups attached to an aromatic ring is 1. The molecule has 2 aromatic rings. The van der Waals surface area contributed by atoms with Crippen molar-refractivity contribution in [3.05, 3.63) is 17.8 Å². The molecule has 0 aromatic carbocycles. The summed E-state index contributed by atoms with van der Waals surface area (Å²) in [7, 11) is 0. The summed E-state index contributed by atoms with van der Waals surface area (Å²) in [4.78, 5) is 8.96. The van der Waals surface area contributed by atoms with E-state index in [1.807, 2.05) is 13.1 Å². The summed E-state index contributed by atoms with van der Waals surface area (Å²) in [6.45, 7) is 4.36. The van der Waals surface area contributed by atoms with E-state index in [9.17, 15) is 0 Å². The first-order valence-corrected chi connectivity index (χ1v) is 6.75. The van der Waals surface area contributed by atoms with Crippen molar-refractivity contribution in [2.75, 3.05) is 5.73 Å². The van der Waals surface area contributed by atoms with Crippen LogP contribution in [0.25, 0.3) is 11.2 Å².